The quantitative estimate of drug-likeness (QED) is 0.770. The van der Waals surface area contributed by atoms with Gasteiger partial charge in [-0.25, -0.2) is 4.98 Å². The minimum atomic E-state index is -4.64. The molecule has 0 aliphatic heterocycles. The van der Waals surface area contributed by atoms with Crippen LogP contribution >= 0.6 is 11.6 Å². The van der Waals surface area contributed by atoms with Crippen molar-refractivity contribution in [2.75, 3.05) is 17.2 Å². The maximum absolute atomic E-state index is 13.0. The Bertz CT molecular complexity index is 762. The van der Waals surface area contributed by atoms with E-state index in [1.807, 2.05) is 0 Å². The molecule has 2 aromatic rings. The van der Waals surface area contributed by atoms with Crippen molar-refractivity contribution < 1.29 is 18.0 Å². The number of rotatable bonds is 5. The summed E-state index contributed by atoms with van der Waals surface area (Å²) in [5.74, 6) is -0.276. The van der Waals surface area contributed by atoms with E-state index >= 15 is 0 Å². The molecule has 126 valence electrons. The lowest BCUT2D eigenvalue weighted by molar-refractivity contribution is -0.136. The van der Waals surface area contributed by atoms with Crippen molar-refractivity contribution in [2.45, 2.75) is 6.18 Å². The van der Waals surface area contributed by atoms with Gasteiger partial charge < -0.3 is 10.6 Å². The molecule has 0 aliphatic rings. The van der Waals surface area contributed by atoms with E-state index in [2.05, 4.69) is 22.2 Å². The van der Waals surface area contributed by atoms with Crippen molar-refractivity contribution >= 4 is 29.0 Å². The molecule has 0 saturated heterocycles. The number of alkyl halides is 3. The summed E-state index contributed by atoms with van der Waals surface area (Å²) in [7, 11) is 0. The number of aromatic nitrogens is 1. The molecule has 0 bridgehead atoms. The van der Waals surface area contributed by atoms with Crippen LogP contribution in [0.4, 0.5) is 24.7 Å². The molecule has 24 heavy (non-hydrogen) atoms. The van der Waals surface area contributed by atoms with Crippen LogP contribution in [-0.4, -0.2) is 17.4 Å². The predicted molar refractivity (Wildman–Crippen MR) is 87.3 cm³/mol. The molecule has 1 aromatic heterocycles. The summed E-state index contributed by atoms with van der Waals surface area (Å²) in [6.07, 6.45) is -1.65. The maximum Gasteiger partial charge on any atom is 0.418 e. The van der Waals surface area contributed by atoms with E-state index in [4.69, 9.17) is 11.6 Å². The fourth-order valence-corrected chi connectivity index (χ4v) is 2.07. The molecule has 0 saturated carbocycles. The van der Waals surface area contributed by atoms with Crippen molar-refractivity contribution in [3.63, 3.8) is 0 Å². The second kappa shape index (κ2) is 7.35. The van der Waals surface area contributed by atoms with Crippen LogP contribution in [0, 0.1) is 0 Å². The van der Waals surface area contributed by atoms with Crippen molar-refractivity contribution in [3.05, 3.63) is 65.3 Å². The molecule has 2 rings (SSSR count). The first kappa shape index (κ1) is 17.8. The molecule has 2 N–H and O–H groups in total. The van der Waals surface area contributed by atoms with Crippen LogP contribution in [0.5, 0.6) is 0 Å². The van der Waals surface area contributed by atoms with E-state index in [0.29, 0.717) is 12.4 Å². The Balaban J connectivity index is 2.26. The molecule has 0 fully saturated rings. The van der Waals surface area contributed by atoms with Gasteiger partial charge in [0.05, 0.1) is 11.3 Å². The molecular weight excluding hydrogens is 343 g/mol. The summed E-state index contributed by atoms with van der Waals surface area (Å²) in [5.41, 5.74) is -1.21. The normalized spacial score (nSPS) is 11.0. The number of halogens is 4. The van der Waals surface area contributed by atoms with Crippen LogP contribution in [0.3, 0.4) is 0 Å². The number of anilines is 2. The first-order chi connectivity index (χ1) is 11.3. The van der Waals surface area contributed by atoms with E-state index in [9.17, 15) is 18.0 Å². The highest BCUT2D eigenvalue weighted by Crippen LogP contribution is 2.36. The fraction of sp³-hybridized carbons (Fsp3) is 0.125. The molecule has 0 aliphatic carbocycles. The second-order valence-electron chi connectivity index (χ2n) is 4.74. The van der Waals surface area contributed by atoms with Gasteiger partial charge in [0, 0.05) is 23.3 Å². The summed E-state index contributed by atoms with van der Waals surface area (Å²) < 4.78 is 39.1. The standard InChI is InChI=1S/C16H13ClF3N3O/c1-2-6-21-14-8-10(5-7-22-14)15(24)23-13-4-3-11(17)9-12(13)16(18,19)20/h2-5,7-9H,1,6H2,(H,21,22)(H,23,24). The zero-order chi connectivity index (χ0) is 17.7. The topological polar surface area (TPSA) is 54.0 Å². The van der Waals surface area contributed by atoms with Gasteiger partial charge in [-0.2, -0.15) is 13.2 Å². The van der Waals surface area contributed by atoms with Crippen LogP contribution in [0.1, 0.15) is 15.9 Å². The predicted octanol–water partition coefficient (Wildman–Crippen LogP) is 4.60. The van der Waals surface area contributed by atoms with Gasteiger partial charge in [0.15, 0.2) is 0 Å². The molecule has 0 unspecified atom stereocenters. The smallest absolute Gasteiger partial charge is 0.367 e. The Morgan fingerprint density at radius 2 is 2.04 bits per heavy atom. The average molecular weight is 356 g/mol. The van der Waals surface area contributed by atoms with Gasteiger partial charge in [-0.15, -0.1) is 6.58 Å². The molecule has 0 atom stereocenters. The third kappa shape index (κ3) is 4.48. The summed E-state index contributed by atoms with van der Waals surface area (Å²) in [5, 5.41) is 5.07. The van der Waals surface area contributed by atoms with Crippen molar-refractivity contribution in [3.8, 4) is 0 Å². The lowest BCUT2D eigenvalue weighted by Crippen LogP contribution is -2.17. The summed E-state index contributed by atoms with van der Waals surface area (Å²) in [6, 6.07) is 5.98. The van der Waals surface area contributed by atoms with Crippen LogP contribution in [-0.2, 0) is 6.18 Å². The highest BCUT2D eigenvalue weighted by molar-refractivity contribution is 6.30. The zero-order valence-corrected chi connectivity index (χ0v) is 13.1. The Labute approximate surface area is 141 Å². The Morgan fingerprint density at radius 1 is 1.29 bits per heavy atom. The van der Waals surface area contributed by atoms with E-state index in [0.717, 1.165) is 12.1 Å². The zero-order valence-electron chi connectivity index (χ0n) is 12.3. The summed E-state index contributed by atoms with van der Waals surface area (Å²) in [6.45, 7) is 3.98. The van der Waals surface area contributed by atoms with Gasteiger partial charge in [0.25, 0.3) is 5.91 Å². The molecule has 1 amide bonds. The number of hydrogen-bond acceptors (Lipinski definition) is 3. The lowest BCUT2D eigenvalue weighted by Gasteiger charge is -2.14. The minimum absolute atomic E-state index is 0.0693. The summed E-state index contributed by atoms with van der Waals surface area (Å²) >= 11 is 5.61. The number of benzene rings is 1. The number of amides is 1. The van der Waals surface area contributed by atoms with E-state index in [1.54, 1.807) is 6.08 Å². The molecule has 8 heteroatoms. The average Bonchev–Trinajstić information content (AvgIpc) is 2.54. The Hall–Kier alpha value is -2.54. The highest BCUT2D eigenvalue weighted by atomic mass is 35.5. The molecular formula is C16H13ClF3N3O. The Morgan fingerprint density at radius 3 is 2.71 bits per heavy atom. The van der Waals surface area contributed by atoms with Gasteiger partial charge in [-0.3, -0.25) is 4.79 Å². The lowest BCUT2D eigenvalue weighted by atomic mass is 10.1. The fourth-order valence-electron chi connectivity index (χ4n) is 1.90. The van der Waals surface area contributed by atoms with Crippen molar-refractivity contribution in [1.29, 1.82) is 0 Å². The van der Waals surface area contributed by atoms with Crippen molar-refractivity contribution in [2.24, 2.45) is 0 Å². The number of carbonyl (C=O) groups excluding carboxylic acids is 1. The van der Waals surface area contributed by atoms with E-state index in [1.165, 1.54) is 24.4 Å². The summed E-state index contributed by atoms with van der Waals surface area (Å²) in [4.78, 5) is 16.2. The van der Waals surface area contributed by atoms with Gasteiger partial charge in [0.1, 0.15) is 5.82 Å². The van der Waals surface area contributed by atoms with Gasteiger partial charge in [-0.1, -0.05) is 17.7 Å². The van der Waals surface area contributed by atoms with Gasteiger partial charge >= 0.3 is 6.18 Å². The van der Waals surface area contributed by atoms with E-state index in [-0.39, 0.29) is 16.3 Å². The minimum Gasteiger partial charge on any atom is -0.367 e. The number of nitrogens with one attached hydrogen (secondary N) is 2. The molecule has 0 spiro atoms. The SMILES string of the molecule is C=CCNc1cc(C(=O)Nc2ccc(Cl)cc2C(F)(F)F)ccn1. The monoisotopic (exact) mass is 355 g/mol. The van der Waals surface area contributed by atoms with Gasteiger partial charge in [0.2, 0.25) is 0 Å². The van der Waals surface area contributed by atoms with E-state index < -0.39 is 17.6 Å². The molecule has 0 radical (unpaired) electrons. The van der Waals surface area contributed by atoms with Crippen LogP contribution < -0.4 is 10.6 Å². The molecule has 1 heterocycles. The number of hydrogen-bond donors (Lipinski definition) is 2. The van der Waals surface area contributed by atoms with Crippen LogP contribution in [0.15, 0.2) is 49.2 Å². The number of carbonyl (C=O) groups is 1. The molecule has 4 nitrogen and oxygen atoms in total. The first-order valence-corrected chi connectivity index (χ1v) is 7.18. The van der Waals surface area contributed by atoms with Gasteiger partial charge in [-0.05, 0) is 30.3 Å². The third-order valence-corrected chi connectivity index (χ3v) is 3.22. The Kier molecular flexibility index (Phi) is 5.46. The molecule has 1 aromatic carbocycles. The largest absolute Gasteiger partial charge is 0.418 e. The van der Waals surface area contributed by atoms with Crippen molar-refractivity contribution in [1.82, 2.24) is 4.98 Å². The third-order valence-electron chi connectivity index (χ3n) is 2.98. The maximum atomic E-state index is 13.0. The van der Waals surface area contributed by atoms with Crippen LogP contribution in [0.25, 0.3) is 0 Å². The number of nitrogens with zero attached hydrogens (tertiary/aromatic N) is 1. The highest BCUT2D eigenvalue weighted by Gasteiger charge is 2.34. The second-order valence-corrected chi connectivity index (χ2v) is 5.18. The first-order valence-electron chi connectivity index (χ1n) is 6.80. The number of pyridine rings is 1. The van der Waals surface area contributed by atoms with Crippen LogP contribution in [0.2, 0.25) is 5.02 Å².